The maximum Gasteiger partial charge on any atom is 0.126 e. The van der Waals surface area contributed by atoms with Crippen molar-refractivity contribution in [3.63, 3.8) is 0 Å². The molecule has 0 aromatic heterocycles. The van der Waals surface area contributed by atoms with E-state index in [1.165, 1.54) is 5.56 Å². The molecule has 0 aliphatic carbocycles. The molecule has 0 nitrogen and oxygen atoms in total. The highest BCUT2D eigenvalue weighted by Crippen LogP contribution is 2.16. The van der Waals surface area contributed by atoms with Crippen molar-refractivity contribution in [3.05, 3.63) is 35.1 Å². The van der Waals surface area contributed by atoms with Crippen LogP contribution in [0.15, 0.2) is 18.2 Å². The van der Waals surface area contributed by atoms with E-state index in [9.17, 15) is 4.39 Å². The minimum Gasteiger partial charge on any atom is -0.207 e. The predicted octanol–water partition coefficient (Wildman–Crippen LogP) is 2.28. The molecule has 0 bridgehead atoms. The second-order valence-electron chi connectivity index (χ2n) is 3.38. The van der Waals surface area contributed by atoms with Gasteiger partial charge in [0.1, 0.15) is 5.82 Å². The van der Waals surface area contributed by atoms with Crippen LogP contribution >= 0.6 is 0 Å². The fourth-order valence-corrected chi connectivity index (χ4v) is 1.64. The molecule has 14 heavy (non-hydrogen) atoms. The summed E-state index contributed by atoms with van der Waals surface area (Å²) < 4.78 is 13.4. The lowest BCUT2D eigenvalue weighted by atomic mass is 9.99. The van der Waals surface area contributed by atoms with Gasteiger partial charge >= 0.3 is 0 Å². The molecule has 0 aliphatic rings. The van der Waals surface area contributed by atoms with E-state index in [0.717, 1.165) is 31.2 Å². The topological polar surface area (TPSA) is 0 Å². The van der Waals surface area contributed by atoms with Gasteiger partial charge in [-0.25, -0.2) is 4.39 Å². The highest BCUT2D eigenvalue weighted by Gasteiger charge is 2.05. The number of benzene rings is 1. The second-order valence-corrected chi connectivity index (χ2v) is 3.38. The van der Waals surface area contributed by atoms with E-state index in [1.54, 1.807) is 12.1 Å². The molecule has 0 radical (unpaired) electrons. The van der Waals surface area contributed by atoms with E-state index in [1.807, 2.05) is 6.07 Å². The summed E-state index contributed by atoms with van der Waals surface area (Å²) in [6, 6.07) is 5.40. The third-order valence-corrected chi connectivity index (χ3v) is 2.24. The Morgan fingerprint density at radius 1 is 1.07 bits per heavy atom. The predicted molar refractivity (Wildman–Crippen MR) is 65.7 cm³/mol. The van der Waals surface area contributed by atoms with Gasteiger partial charge in [0.15, 0.2) is 0 Å². The second kappa shape index (κ2) is 6.77. The van der Waals surface area contributed by atoms with Crippen LogP contribution in [0.2, 0.25) is 0 Å². The van der Waals surface area contributed by atoms with Crippen LogP contribution in [0.5, 0.6) is 0 Å². The Labute approximate surface area is 90.6 Å². The minimum absolute atomic E-state index is 0. The van der Waals surface area contributed by atoms with Crippen LogP contribution in [0.25, 0.3) is 0 Å². The summed E-state index contributed by atoms with van der Waals surface area (Å²) in [5, 5.41) is 0. The molecule has 2 heteroatoms. The van der Waals surface area contributed by atoms with Crippen molar-refractivity contribution in [3.8, 4) is 0 Å². The van der Waals surface area contributed by atoms with Gasteiger partial charge in [-0.2, -0.15) is 0 Å². The molecule has 0 aliphatic heterocycles. The van der Waals surface area contributed by atoms with Crippen molar-refractivity contribution in [1.29, 1.82) is 0 Å². The van der Waals surface area contributed by atoms with Gasteiger partial charge in [0, 0.05) is 0 Å². The van der Waals surface area contributed by atoms with E-state index in [-0.39, 0.29) is 16.8 Å². The minimum atomic E-state index is -0.0344. The van der Waals surface area contributed by atoms with Gasteiger partial charge in [-0.05, 0) is 41.0 Å². The zero-order valence-corrected chi connectivity index (χ0v) is 8.44. The first-order chi connectivity index (χ1) is 6.29. The van der Waals surface area contributed by atoms with E-state index < -0.39 is 0 Å². The third-order valence-electron chi connectivity index (χ3n) is 2.24. The van der Waals surface area contributed by atoms with Crippen molar-refractivity contribution in [1.82, 2.24) is 0 Å². The van der Waals surface area contributed by atoms with Crippen LogP contribution in [0, 0.1) is 5.82 Å². The van der Waals surface area contributed by atoms with Gasteiger partial charge in [0.25, 0.3) is 0 Å². The quantitative estimate of drug-likeness (QED) is 0.672. The van der Waals surface area contributed by atoms with E-state index >= 15 is 0 Å². The zero-order valence-electron chi connectivity index (χ0n) is 8.44. The van der Waals surface area contributed by atoms with Gasteiger partial charge in [-0.3, -0.25) is 0 Å². The number of rotatable bonds is 4. The van der Waals surface area contributed by atoms with Crippen LogP contribution in [-0.2, 0) is 12.8 Å². The number of aryl methyl sites for hydroxylation is 1. The molecule has 1 aromatic rings. The van der Waals surface area contributed by atoms with Crippen LogP contribution in [-0.4, -0.2) is 11.0 Å². The molecular formula is C12H21FSi. The summed E-state index contributed by atoms with van der Waals surface area (Å²) in [7, 11) is 0. The molecule has 0 atom stereocenters. The first-order valence-corrected chi connectivity index (χ1v) is 5.05. The monoisotopic (exact) mass is 212 g/mol. The first kappa shape index (κ1) is 13.4. The number of halogens is 1. The smallest absolute Gasteiger partial charge is 0.126 e. The molecule has 0 saturated heterocycles. The van der Waals surface area contributed by atoms with Crippen LogP contribution in [0.4, 0.5) is 4.39 Å². The zero-order chi connectivity index (χ0) is 9.68. The molecule has 0 unspecified atom stereocenters. The molecule has 0 spiro atoms. The maximum atomic E-state index is 13.4. The summed E-state index contributed by atoms with van der Waals surface area (Å²) in [5.41, 5.74) is 2.11. The van der Waals surface area contributed by atoms with Gasteiger partial charge in [0.2, 0.25) is 0 Å². The third kappa shape index (κ3) is 3.26. The van der Waals surface area contributed by atoms with E-state index in [4.69, 9.17) is 0 Å². The first-order valence-electron chi connectivity index (χ1n) is 5.05. The van der Waals surface area contributed by atoms with Gasteiger partial charge in [-0.15, -0.1) is 0 Å². The average molecular weight is 212 g/mol. The van der Waals surface area contributed by atoms with Gasteiger partial charge < -0.3 is 0 Å². The van der Waals surface area contributed by atoms with Crippen molar-refractivity contribution in [2.45, 2.75) is 39.5 Å². The summed E-state index contributed by atoms with van der Waals surface area (Å²) in [5.74, 6) is -0.0344. The van der Waals surface area contributed by atoms with Gasteiger partial charge in [0.05, 0.1) is 0 Å². The Bertz CT molecular complexity index is 271. The molecule has 0 amide bonds. The van der Waals surface area contributed by atoms with Crippen molar-refractivity contribution >= 4 is 11.0 Å². The van der Waals surface area contributed by atoms with Crippen molar-refractivity contribution in [2.24, 2.45) is 0 Å². The molecule has 0 saturated carbocycles. The SMILES string of the molecule is CCCc1cccc(F)c1CCC.[SiH4]. The normalized spacial score (nSPS) is 9.64. The van der Waals surface area contributed by atoms with Crippen molar-refractivity contribution in [2.75, 3.05) is 0 Å². The Balaban J connectivity index is 0.00000169. The van der Waals surface area contributed by atoms with E-state index in [2.05, 4.69) is 13.8 Å². The molecule has 0 heterocycles. The highest BCUT2D eigenvalue weighted by molar-refractivity contribution is 5.75. The highest BCUT2D eigenvalue weighted by atomic mass is 28.1. The largest absolute Gasteiger partial charge is 0.207 e. The van der Waals surface area contributed by atoms with Crippen molar-refractivity contribution < 1.29 is 4.39 Å². The molecule has 1 aromatic carbocycles. The Morgan fingerprint density at radius 2 is 1.71 bits per heavy atom. The summed E-state index contributed by atoms with van der Waals surface area (Å²) in [6.45, 7) is 4.21. The van der Waals surface area contributed by atoms with E-state index in [0.29, 0.717) is 0 Å². The fraction of sp³-hybridized carbons (Fsp3) is 0.500. The van der Waals surface area contributed by atoms with Crippen LogP contribution in [0.1, 0.15) is 37.8 Å². The summed E-state index contributed by atoms with van der Waals surface area (Å²) in [4.78, 5) is 0. The number of hydrogen-bond donors (Lipinski definition) is 0. The summed E-state index contributed by atoms with van der Waals surface area (Å²) >= 11 is 0. The Hall–Kier alpha value is -0.633. The Morgan fingerprint density at radius 3 is 2.29 bits per heavy atom. The number of hydrogen-bond acceptors (Lipinski definition) is 0. The average Bonchev–Trinajstić information content (AvgIpc) is 2.11. The van der Waals surface area contributed by atoms with Crippen LogP contribution < -0.4 is 0 Å². The lowest BCUT2D eigenvalue weighted by Gasteiger charge is -2.08. The molecule has 80 valence electrons. The lowest BCUT2D eigenvalue weighted by Crippen LogP contribution is -1.97. The molecular weight excluding hydrogens is 191 g/mol. The maximum absolute atomic E-state index is 13.4. The fourth-order valence-electron chi connectivity index (χ4n) is 1.64. The van der Waals surface area contributed by atoms with Gasteiger partial charge in [-0.1, -0.05) is 38.8 Å². The molecule has 0 fully saturated rings. The Kier molecular flexibility index (Phi) is 6.46. The molecule has 0 N–H and O–H groups in total. The lowest BCUT2D eigenvalue weighted by molar-refractivity contribution is 0.602. The summed E-state index contributed by atoms with van der Waals surface area (Å²) in [6.07, 6.45) is 3.95. The standard InChI is InChI=1S/C12H17F.H4Si/c1-3-6-10-8-5-9-12(13)11(10)7-4-2;/h5,8-9H,3-4,6-7H2,1-2H3;1H4. The molecule has 1 rings (SSSR count). The van der Waals surface area contributed by atoms with Crippen LogP contribution in [0.3, 0.4) is 0 Å².